The molecule has 2 rings (SSSR count). The van der Waals surface area contributed by atoms with Crippen LogP contribution in [0.3, 0.4) is 0 Å². The number of rotatable bonds is 3. The van der Waals surface area contributed by atoms with Gasteiger partial charge >= 0.3 is 5.97 Å². The number of pyridine rings is 1. The van der Waals surface area contributed by atoms with Gasteiger partial charge in [0.1, 0.15) is 11.3 Å². The molecule has 0 radical (unpaired) electrons. The normalized spacial score (nSPS) is 10.3. The van der Waals surface area contributed by atoms with E-state index >= 15 is 0 Å². The van der Waals surface area contributed by atoms with E-state index in [0.717, 1.165) is 0 Å². The maximum Gasteiger partial charge on any atom is 0.338 e. The standard InChI is InChI=1S/C13H12ClNO4/c1-17-9-6-8(13(16)19-3)4-7-5-10(18-2)12(14)15-11(7)9/h4-6H,1-3H3. The molecule has 1 heterocycles. The molecule has 0 aliphatic carbocycles. The van der Waals surface area contributed by atoms with Crippen LogP contribution in [-0.2, 0) is 4.74 Å². The van der Waals surface area contributed by atoms with Crippen molar-refractivity contribution in [3.63, 3.8) is 0 Å². The number of hydrogen-bond acceptors (Lipinski definition) is 5. The first-order chi connectivity index (χ1) is 9.10. The van der Waals surface area contributed by atoms with E-state index in [1.165, 1.54) is 21.3 Å². The van der Waals surface area contributed by atoms with Gasteiger partial charge in [-0.05, 0) is 18.2 Å². The second kappa shape index (κ2) is 5.32. The summed E-state index contributed by atoms with van der Waals surface area (Å²) < 4.78 is 15.0. The van der Waals surface area contributed by atoms with E-state index in [1.807, 2.05) is 0 Å². The number of fused-ring (bicyclic) bond motifs is 1. The number of methoxy groups -OCH3 is 3. The summed E-state index contributed by atoms with van der Waals surface area (Å²) in [7, 11) is 4.31. The number of aromatic nitrogens is 1. The molecule has 0 unspecified atom stereocenters. The molecule has 0 atom stereocenters. The van der Waals surface area contributed by atoms with Gasteiger partial charge in [-0.2, -0.15) is 0 Å². The van der Waals surface area contributed by atoms with Gasteiger partial charge in [0.05, 0.1) is 26.9 Å². The Labute approximate surface area is 115 Å². The molecular formula is C13H12ClNO4. The van der Waals surface area contributed by atoms with Crippen LogP contribution in [0.2, 0.25) is 5.15 Å². The Morgan fingerprint density at radius 3 is 2.37 bits per heavy atom. The predicted molar refractivity (Wildman–Crippen MR) is 71.2 cm³/mol. The molecule has 100 valence electrons. The van der Waals surface area contributed by atoms with Gasteiger partial charge in [0.2, 0.25) is 0 Å². The van der Waals surface area contributed by atoms with Crippen molar-refractivity contribution < 1.29 is 19.0 Å². The van der Waals surface area contributed by atoms with Crippen LogP contribution in [0.4, 0.5) is 0 Å². The van der Waals surface area contributed by atoms with Gasteiger partial charge in [-0.1, -0.05) is 11.6 Å². The van der Waals surface area contributed by atoms with Gasteiger partial charge in [-0.3, -0.25) is 0 Å². The number of nitrogens with zero attached hydrogens (tertiary/aromatic N) is 1. The maximum atomic E-state index is 11.6. The molecule has 6 heteroatoms. The molecule has 0 fully saturated rings. The number of carbonyl (C=O) groups is 1. The van der Waals surface area contributed by atoms with Crippen molar-refractivity contribution in [1.29, 1.82) is 0 Å². The number of benzene rings is 1. The van der Waals surface area contributed by atoms with Gasteiger partial charge in [-0.25, -0.2) is 9.78 Å². The fourth-order valence-corrected chi connectivity index (χ4v) is 1.96. The van der Waals surface area contributed by atoms with E-state index in [2.05, 4.69) is 4.98 Å². The lowest BCUT2D eigenvalue weighted by molar-refractivity contribution is 0.0600. The molecule has 0 aliphatic rings. The van der Waals surface area contributed by atoms with Gasteiger partial charge in [0, 0.05) is 5.39 Å². The average molecular weight is 282 g/mol. The lowest BCUT2D eigenvalue weighted by atomic mass is 10.1. The van der Waals surface area contributed by atoms with Crippen LogP contribution in [0.5, 0.6) is 11.5 Å². The van der Waals surface area contributed by atoms with Crippen LogP contribution >= 0.6 is 11.6 Å². The summed E-state index contributed by atoms with van der Waals surface area (Å²) in [5.74, 6) is 0.426. The zero-order chi connectivity index (χ0) is 14.0. The summed E-state index contributed by atoms with van der Waals surface area (Å²) >= 11 is 5.98. The van der Waals surface area contributed by atoms with Crippen LogP contribution in [0, 0.1) is 0 Å². The lowest BCUT2D eigenvalue weighted by Gasteiger charge is -2.10. The molecule has 0 spiro atoms. The van der Waals surface area contributed by atoms with E-state index < -0.39 is 5.97 Å². The van der Waals surface area contributed by atoms with Crippen molar-refractivity contribution in [1.82, 2.24) is 4.98 Å². The molecule has 5 nitrogen and oxygen atoms in total. The second-order valence-electron chi connectivity index (χ2n) is 3.72. The fourth-order valence-electron chi connectivity index (χ4n) is 1.75. The highest BCUT2D eigenvalue weighted by Gasteiger charge is 2.14. The smallest absolute Gasteiger partial charge is 0.338 e. The van der Waals surface area contributed by atoms with Crippen molar-refractivity contribution in [2.45, 2.75) is 0 Å². The van der Waals surface area contributed by atoms with Crippen molar-refractivity contribution in [2.24, 2.45) is 0 Å². The molecule has 0 saturated carbocycles. The van der Waals surface area contributed by atoms with E-state index in [9.17, 15) is 4.79 Å². The second-order valence-corrected chi connectivity index (χ2v) is 4.08. The van der Waals surface area contributed by atoms with Crippen LogP contribution in [0.25, 0.3) is 10.9 Å². The summed E-state index contributed by atoms with van der Waals surface area (Å²) in [4.78, 5) is 15.8. The zero-order valence-electron chi connectivity index (χ0n) is 10.7. The number of hydrogen-bond donors (Lipinski definition) is 0. The molecule has 1 aromatic carbocycles. The Kier molecular flexibility index (Phi) is 3.76. The molecular weight excluding hydrogens is 270 g/mol. The van der Waals surface area contributed by atoms with Crippen LogP contribution in [0.1, 0.15) is 10.4 Å². The molecule has 0 amide bonds. The zero-order valence-corrected chi connectivity index (χ0v) is 11.4. The minimum Gasteiger partial charge on any atom is -0.494 e. The first kappa shape index (κ1) is 13.4. The third-order valence-corrected chi connectivity index (χ3v) is 2.94. The summed E-state index contributed by atoms with van der Waals surface area (Å²) in [6, 6.07) is 4.90. The SMILES string of the molecule is COC(=O)c1cc(OC)c2nc(Cl)c(OC)cc2c1. The van der Waals surface area contributed by atoms with E-state index in [4.69, 9.17) is 25.8 Å². The minimum absolute atomic E-state index is 0.235. The molecule has 0 bridgehead atoms. The third kappa shape index (κ3) is 2.42. The number of esters is 1. The highest BCUT2D eigenvalue weighted by molar-refractivity contribution is 6.31. The van der Waals surface area contributed by atoms with E-state index in [1.54, 1.807) is 18.2 Å². The molecule has 0 aliphatic heterocycles. The van der Waals surface area contributed by atoms with Gasteiger partial charge in [0.25, 0.3) is 0 Å². The third-order valence-electron chi connectivity index (χ3n) is 2.67. The van der Waals surface area contributed by atoms with Gasteiger partial charge in [-0.15, -0.1) is 0 Å². The Morgan fingerprint density at radius 2 is 1.79 bits per heavy atom. The first-order valence-corrected chi connectivity index (χ1v) is 5.79. The lowest BCUT2D eigenvalue weighted by Crippen LogP contribution is -2.02. The van der Waals surface area contributed by atoms with Crippen LogP contribution in [0.15, 0.2) is 18.2 Å². The monoisotopic (exact) mass is 281 g/mol. The first-order valence-electron chi connectivity index (χ1n) is 5.41. The quantitative estimate of drug-likeness (QED) is 0.639. The van der Waals surface area contributed by atoms with Crippen molar-refractivity contribution in [3.8, 4) is 11.5 Å². The average Bonchev–Trinajstić information content (AvgIpc) is 2.44. The van der Waals surface area contributed by atoms with E-state index in [-0.39, 0.29) is 5.15 Å². The molecule has 0 N–H and O–H groups in total. The fraction of sp³-hybridized carbons (Fsp3) is 0.231. The summed E-state index contributed by atoms with van der Waals surface area (Å²) in [6.07, 6.45) is 0. The van der Waals surface area contributed by atoms with Crippen molar-refractivity contribution in [2.75, 3.05) is 21.3 Å². The Balaban J connectivity index is 2.74. The molecule has 2 aromatic rings. The highest BCUT2D eigenvalue weighted by atomic mass is 35.5. The predicted octanol–water partition coefficient (Wildman–Crippen LogP) is 2.69. The molecule has 19 heavy (non-hydrogen) atoms. The number of halogens is 1. The highest BCUT2D eigenvalue weighted by Crippen LogP contribution is 2.32. The van der Waals surface area contributed by atoms with Gasteiger partial charge < -0.3 is 14.2 Å². The topological polar surface area (TPSA) is 57.7 Å². The van der Waals surface area contributed by atoms with Gasteiger partial charge in [0.15, 0.2) is 10.9 Å². The van der Waals surface area contributed by atoms with Crippen LogP contribution in [-0.4, -0.2) is 32.3 Å². The summed E-state index contributed by atoms with van der Waals surface area (Å²) in [6.45, 7) is 0. The molecule has 0 saturated heterocycles. The Hall–Kier alpha value is -2.01. The number of carbonyl (C=O) groups excluding carboxylic acids is 1. The Bertz CT molecular complexity index is 642. The summed E-state index contributed by atoms with van der Waals surface area (Å²) in [5, 5.41) is 0.917. The van der Waals surface area contributed by atoms with Crippen LogP contribution < -0.4 is 9.47 Å². The summed E-state index contributed by atoms with van der Waals surface area (Å²) in [5.41, 5.74) is 0.930. The van der Waals surface area contributed by atoms with Crippen molar-refractivity contribution in [3.05, 3.63) is 28.9 Å². The van der Waals surface area contributed by atoms with E-state index in [0.29, 0.717) is 28.0 Å². The van der Waals surface area contributed by atoms with Crippen molar-refractivity contribution >= 4 is 28.5 Å². The maximum absolute atomic E-state index is 11.6. The Morgan fingerprint density at radius 1 is 1.11 bits per heavy atom. The number of ether oxygens (including phenoxy) is 3. The molecule has 1 aromatic heterocycles. The minimum atomic E-state index is -0.450. The largest absolute Gasteiger partial charge is 0.494 e.